The standard InChI is InChI=1S/C13H14N4O3/c1-9-15-13(17(19)20)12(14-2)16(9)8-11(18)10-6-4-3-5-7-10/h3-7,14H,8H2,1-2H3. The smallest absolute Gasteiger partial charge is 0.367 e. The number of ketones is 1. The number of hydrogen-bond donors (Lipinski definition) is 1. The maximum absolute atomic E-state index is 12.2. The molecular weight excluding hydrogens is 260 g/mol. The number of nitro groups is 1. The minimum atomic E-state index is -0.567. The van der Waals surface area contributed by atoms with Crippen LogP contribution in [-0.2, 0) is 6.54 Å². The van der Waals surface area contributed by atoms with Gasteiger partial charge in [0.15, 0.2) is 5.78 Å². The molecule has 2 aromatic rings. The lowest BCUT2D eigenvalue weighted by Gasteiger charge is -2.07. The highest BCUT2D eigenvalue weighted by molar-refractivity contribution is 5.96. The monoisotopic (exact) mass is 274 g/mol. The van der Waals surface area contributed by atoms with Gasteiger partial charge in [0.2, 0.25) is 11.6 Å². The van der Waals surface area contributed by atoms with Crippen LogP contribution in [0.3, 0.4) is 0 Å². The van der Waals surface area contributed by atoms with E-state index in [0.717, 1.165) is 0 Å². The molecule has 1 aromatic carbocycles. The zero-order chi connectivity index (χ0) is 14.7. The van der Waals surface area contributed by atoms with Crippen LogP contribution in [0.25, 0.3) is 0 Å². The van der Waals surface area contributed by atoms with Gasteiger partial charge in [-0.2, -0.15) is 0 Å². The third kappa shape index (κ3) is 2.51. The molecule has 0 radical (unpaired) electrons. The molecule has 0 fully saturated rings. The van der Waals surface area contributed by atoms with Crippen molar-refractivity contribution >= 4 is 17.4 Å². The molecule has 0 bridgehead atoms. The highest BCUT2D eigenvalue weighted by Crippen LogP contribution is 2.24. The Kier molecular flexibility index (Phi) is 3.79. The van der Waals surface area contributed by atoms with Crippen LogP contribution in [0.4, 0.5) is 11.6 Å². The molecule has 1 heterocycles. The Hall–Kier alpha value is -2.70. The van der Waals surface area contributed by atoms with Crippen molar-refractivity contribution in [1.29, 1.82) is 0 Å². The molecule has 0 spiro atoms. The molecule has 1 N–H and O–H groups in total. The van der Waals surface area contributed by atoms with Gasteiger partial charge < -0.3 is 15.4 Å². The lowest BCUT2D eigenvalue weighted by molar-refractivity contribution is -0.388. The number of rotatable bonds is 5. The number of Topliss-reactive ketones (excluding diaryl/α,β-unsaturated/α-hetero) is 1. The lowest BCUT2D eigenvalue weighted by Crippen LogP contribution is -2.14. The van der Waals surface area contributed by atoms with E-state index in [0.29, 0.717) is 11.4 Å². The van der Waals surface area contributed by atoms with E-state index < -0.39 is 4.92 Å². The predicted octanol–water partition coefficient (Wildman–Crippen LogP) is 2.02. The van der Waals surface area contributed by atoms with Crippen LogP contribution >= 0.6 is 0 Å². The molecule has 104 valence electrons. The largest absolute Gasteiger partial charge is 0.406 e. The summed E-state index contributed by atoms with van der Waals surface area (Å²) in [7, 11) is 1.56. The lowest BCUT2D eigenvalue weighted by atomic mass is 10.1. The van der Waals surface area contributed by atoms with Crippen LogP contribution < -0.4 is 5.32 Å². The van der Waals surface area contributed by atoms with Crippen LogP contribution in [0.2, 0.25) is 0 Å². The van der Waals surface area contributed by atoms with Gasteiger partial charge in [-0.15, -0.1) is 0 Å². The van der Waals surface area contributed by atoms with Crippen molar-refractivity contribution in [2.45, 2.75) is 13.5 Å². The topological polar surface area (TPSA) is 90.1 Å². The molecule has 20 heavy (non-hydrogen) atoms. The van der Waals surface area contributed by atoms with E-state index in [-0.39, 0.29) is 24.0 Å². The van der Waals surface area contributed by atoms with Crippen molar-refractivity contribution < 1.29 is 9.72 Å². The van der Waals surface area contributed by atoms with Crippen LogP contribution in [0.15, 0.2) is 30.3 Å². The number of nitrogens with one attached hydrogen (secondary N) is 1. The molecule has 0 saturated carbocycles. The minimum Gasteiger partial charge on any atom is -0.367 e. The summed E-state index contributed by atoms with van der Waals surface area (Å²) < 4.78 is 1.51. The normalized spacial score (nSPS) is 10.3. The first-order valence-corrected chi connectivity index (χ1v) is 6.02. The van der Waals surface area contributed by atoms with E-state index in [1.54, 1.807) is 38.2 Å². The van der Waals surface area contributed by atoms with Gasteiger partial charge in [-0.25, -0.2) is 0 Å². The summed E-state index contributed by atoms with van der Waals surface area (Å²) in [6.07, 6.45) is 0. The number of aryl methyl sites for hydroxylation is 1. The van der Waals surface area contributed by atoms with Gasteiger partial charge in [0, 0.05) is 19.5 Å². The Morgan fingerprint density at radius 1 is 1.40 bits per heavy atom. The highest BCUT2D eigenvalue weighted by Gasteiger charge is 2.25. The SMILES string of the molecule is CNc1c([N+](=O)[O-])nc(C)n1CC(=O)c1ccccc1. The number of carbonyl (C=O) groups is 1. The molecule has 0 aliphatic carbocycles. The van der Waals surface area contributed by atoms with Crippen LogP contribution in [0, 0.1) is 17.0 Å². The fourth-order valence-electron chi connectivity index (χ4n) is 1.98. The molecule has 0 unspecified atom stereocenters. The van der Waals surface area contributed by atoms with E-state index >= 15 is 0 Å². The Labute approximate surface area is 115 Å². The Morgan fingerprint density at radius 3 is 2.60 bits per heavy atom. The average molecular weight is 274 g/mol. The third-order valence-electron chi connectivity index (χ3n) is 2.95. The van der Waals surface area contributed by atoms with Crippen LogP contribution in [0.1, 0.15) is 16.2 Å². The first-order chi connectivity index (χ1) is 9.54. The van der Waals surface area contributed by atoms with Gasteiger partial charge >= 0.3 is 5.82 Å². The zero-order valence-corrected chi connectivity index (χ0v) is 11.2. The second kappa shape index (κ2) is 5.52. The third-order valence-corrected chi connectivity index (χ3v) is 2.95. The maximum atomic E-state index is 12.2. The summed E-state index contributed by atoms with van der Waals surface area (Å²) in [5.74, 6) is 0.255. The van der Waals surface area contributed by atoms with E-state index in [2.05, 4.69) is 10.3 Å². The average Bonchev–Trinajstić information content (AvgIpc) is 2.76. The fraction of sp³-hybridized carbons (Fsp3) is 0.231. The van der Waals surface area contributed by atoms with Gasteiger partial charge in [-0.05, 0) is 9.91 Å². The number of benzene rings is 1. The van der Waals surface area contributed by atoms with Crippen molar-refractivity contribution in [2.75, 3.05) is 12.4 Å². The fourth-order valence-corrected chi connectivity index (χ4v) is 1.98. The molecule has 7 nitrogen and oxygen atoms in total. The molecule has 2 rings (SSSR count). The summed E-state index contributed by atoms with van der Waals surface area (Å²) >= 11 is 0. The number of nitrogens with zero attached hydrogens (tertiary/aromatic N) is 3. The molecule has 0 atom stereocenters. The summed E-state index contributed by atoms with van der Waals surface area (Å²) in [6, 6.07) is 8.79. The van der Waals surface area contributed by atoms with E-state index in [4.69, 9.17) is 0 Å². The van der Waals surface area contributed by atoms with Crippen molar-refractivity contribution in [2.24, 2.45) is 0 Å². The Bertz CT molecular complexity index is 649. The summed E-state index contributed by atoms with van der Waals surface area (Å²) in [6.45, 7) is 1.64. The Balaban J connectivity index is 2.34. The maximum Gasteiger partial charge on any atom is 0.406 e. The number of imidazole rings is 1. The van der Waals surface area contributed by atoms with E-state index in [1.807, 2.05) is 6.07 Å². The highest BCUT2D eigenvalue weighted by atomic mass is 16.6. The first-order valence-electron chi connectivity index (χ1n) is 6.02. The van der Waals surface area contributed by atoms with E-state index in [9.17, 15) is 14.9 Å². The zero-order valence-electron chi connectivity index (χ0n) is 11.2. The van der Waals surface area contributed by atoms with E-state index in [1.165, 1.54) is 4.57 Å². The predicted molar refractivity (Wildman–Crippen MR) is 73.9 cm³/mol. The molecule has 7 heteroatoms. The quantitative estimate of drug-likeness (QED) is 0.511. The first kappa shape index (κ1) is 13.7. The molecular formula is C13H14N4O3. The Morgan fingerprint density at radius 2 is 2.05 bits per heavy atom. The van der Waals surface area contributed by atoms with Crippen molar-refractivity contribution in [3.8, 4) is 0 Å². The van der Waals surface area contributed by atoms with Crippen molar-refractivity contribution in [1.82, 2.24) is 9.55 Å². The van der Waals surface area contributed by atoms with Gasteiger partial charge in [0.1, 0.15) is 0 Å². The van der Waals surface area contributed by atoms with Crippen molar-refractivity contribution in [3.05, 3.63) is 51.8 Å². The number of hydrogen-bond acceptors (Lipinski definition) is 5. The van der Waals surface area contributed by atoms with Gasteiger partial charge in [-0.3, -0.25) is 9.36 Å². The van der Waals surface area contributed by atoms with Gasteiger partial charge in [0.25, 0.3) is 0 Å². The molecule has 1 aromatic heterocycles. The molecule has 0 amide bonds. The van der Waals surface area contributed by atoms with Gasteiger partial charge in [-0.1, -0.05) is 30.3 Å². The number of carbonyl (C=O) groups excluding carboxylic acids is 1. The number of aromatic nitrogens is 2. The number of anilines is 1. The van der Waals surface area contributed by atoms with Gasteiger partial charge in [0.05, 0.1) is 6.54 Å². The minimum absolute atomic E-state index is 0.00681. The molecule has 0 aliphatic heterocycles. The van der Waals surface area contributed by atoms with Crippen LogP contribution in [0.5, 0.6) is 0 Å². The molecule has 0 saturated heterocycles. The van der Waals surface area contributed by atoms with Crippen molar-refractivity contribution in [3.63, 3.8) is 0 Å². The second-order valence-corrected chi connectivity index (χ2v) is 4.21. The summed E-state index contributed by atoms with van der Waals surface area (Å²) in [4.78, 5) is 26.4. The molecule has 0 aliphatic rings. The second-order valence-electron chi connectivity index (χ2n) is 4.21. The van der Waals surface area contributed by atoms with Crippen LogP contribution in [-0.4, -0.2) is 27.3 Å². The summed E-state index contributed by atoms with van der Waals surface area (Å²) in [5, 5.41) is 13.6. The summed E-state index contributed by atoms with van der Waals surface area (Å²) in [5.41, 5.74) is 0.560.